The van der Waals surface area contributed by atoms with Gasteiger partial charge in [-0.2, -0.15) is 0 Å². The Morgan fingerprint density at radius 1 is 1.13 bits per heavy atom. The summed E-state index contributed by atoms with van der Waals surface area (Å²) in [6.07, 6.45) is -0.671. The fourth-order valence-electron chi connectivity index (χ4n) is 1.97. The molecule has 0 aliphatic rings. The molecular weight excluding hydrogens is 337 g/mol. The van der Waals surface area contributed by atoms with Crippen LogP contribution in [0.3, 0.4) is 0 Å². The lowest BCUT2D eigenvalue weighted by atomic mass is 10.2. The first-order chi connectivity index (χ1) is 11.0. The van der Waals surface area contributed by atoms with Crippen LogP contribution in [0.15, 0.2) is 42.5 Å². The molecule has 2 aromatic rings. The van der Waals surface area contributed by atoms with Gasteiger partial charge in [0.25, 0.3) is 5.91 Å². The van der Waals surface area contributed by atoms with Crippen LogP contribution in [0, 0.1) is 0 Å². The molecule has 0 aliphatic heterocycles. The summed E-state index contributed by atoms with van der Waals surface area (Å²) in [6.45, 7) is 2.05. The molecule has 0 spiro atoms. The minimum absolute atomic E-state index is 0.232. The highest BCUT2D eigenvalue weighted by Gasteiger charge is 2.15. The van der Waals surface area contributed by atoms with Crippen LogP contribution >= 0.6 is 23.2 Å². The van der Waals surface area contributed by atoms with Crippen LogP contribution in [-0.2, 0) is 11.3 Å². The Morgan fingerprint density at radius 3 is 2.48 bits per heavy atom. The van der Waals surface area contributed by atoms with E-state index in [1.165, 1.54) is 0 Å². The lowest BCUT2D eigenvalue weighted by Gasteiger charge is -2.15. The van der Waals surface area contributed by atoms with Gasteiger partial charge in [0.2, 0.25) is 0 Å². The molecule has 0 bridgehead atoms. The van der Waals surface area contributed by atoms with Crippen LogP contribution in [0.5, 0.6) is 11.5 Å². The molecule has 6 heteroatoms. The second kappa shape index (κ2) is 8.09. The van der Waals surface area contributed by atoms with Crippen molar-refractivity contribution in [2.75, 3.05) is 7.11 Å². The smallest absolute Gasteiger partial charge is 0.261 e. The van der Waals surface area contributed by atoms with Gasteiger partial charge in [-0.25, -0.2) is 0 Å². The van der Waals surface area contributed by atoms with Gasteiger partial charge in [0.15, 0.2) is 6.10 Å². The second-order valence-electron chi connectivity index (χ2n) is 4.93. The van der Waals surface area contributed by atoms with E-state index in [1.54, 1.807) is 32.2 Å². The van der Waals surface area contributed by atoms with Crippen molar-refractivity contribution in [1.82, 2.24) is 5.32 Å². The van der Waals surface area contributed by atoms with Crippen LogP contribution in [0.25, 0.3) is 0 Å². The number of amides is 1. The third-order valence-corrected chi connectivity index (χ3v) is 3.56. The standard InChI is InChI=1S/C17H17Cl2NO3/c1-11(23-16-8-13(18)7-14(19)9-16)17(21)20-10-12-4-3-5-15(6-12)22-2/h3-9,11H,10H2,1-2H3,(H,20,21). The quantitative estimate of drug-likeness (QED) is 0.850. The summed E-state index contributed by atoms with van der Waals surface area (Å²) in [7, 11) is 1.60. The molecule has 0 aliphatic carbocycles. The van der Waals surface area contributed by atoms with Gasteiger partial charge in [-0.1, -0.05) is 35.3 Å². The zero-order chi connectivity index (χ0) is 16.8. The minimum Gasteiger partial charge on any atom is -0.497 e. The van der Waals surface area contributed by atoms with E-state index in [2.05, 4.69) is 5.32 Å². The molecule has 1 unspecified atom stereocenters. The molecule has 0 heterocycles. The first-order valence-electron chi connectivity index (χ1n) is 7.01. The van der Waals surface area contributed by atoms with Gasteiger partial charge >= 0.3 is 0 Å². The summed E-state index contributed by atoms with van der Waals surface area (Å²) in [6, 6.07) is 12.3. The van der Waals surface area contributed by atoms with Crippen molar-refractivity contribution in [3.8, 4) is 11.5 Å². The Bertz CT molecular complexity index is 671. The highest BCUT2D eigenvalue weighted by Crippen LogP contribution is 2.25. The van der Waals surface area contributed by atoms with E-state index in [0.29, 0.717) is 22.3 Å². The van der Waals surface area contributed by atoms with Gasteiger partial charge < -0.3 is 14.8 Å². The molecule has 23 heavy (non-hydrogen) atoms. The lowest BCUT2D eigenvalue weighted by Crippen LogP contribution is -2.35. The summed E-state index contributed by atoms with van der Waals surface area (Å²) in [5.74, 6) is 0.963. The molecule has 0 aromatic heterocycles. The second-order valence-corrected chi connectivity index (χ2v) is 5.81. The van der Waals surface area contributed by atoms with Crippen molar-refractivity contribution in [3.63, 3.8) is 0 Å². The highest BCUT2D eigenvalue weighted by atomic mass is 35.5. The predicted molar refractivity (Wildman–Crippen MR) is 91.4 cm³/mol. The number of halogens is 2. The molecule has 1 atom stereocenters. The molecular formula is C17H17Cl2NO3. The lowest BCUT2D eigenvalue weighted by molar-refractivity contribution is -0.127. The summed E-state index contributed by atoms with van der Waals surface area (Å²) in [5, 5.41) is 3.72. The Balaban J connectivity index is 1.91. The van der Waals surface area contributed by atoms with E-state index in [0.717, 1.165) is 11.3 Å². The molecule has 2 rings (SSSR count). The zero-order valence-electron chi connectivity index (χ0n) is 12.8. The molecule has 0 saturated heterocycles. The first kappa shape index (κ1) is 17.4. The number of hydrogen-bond acceptors (Lipinski definition) is 3. The van der Waals surface area contributed by atoms with Crippen molar-refractivity contribution >= 4 is 29.1 Å². The molecule has 4 nitrogen and oxygen atoms in total. The fourth-order valence-corrected chi connectivity index (χ4v) is 2.48. The van der Waals surface area contributed by atoms with E-state index in [4.69, 9.17) is 32.7 Å². The maximum absolute atomic E-state index is 12.1. The van der Waals surface area contributed by atoms with Crippen molar-refractivity contribution in [2.45, 2.75) is 19.6 Å². The van der Waals surface area contributed by atoms with Crippen LogP contribution in [0.1, 0.15) is 12.5 Å². The zero-order valence-corrected chi connectivity index (χ0v) is 14.3. The van der Waals surface area contributed by atoms with Crippen LogP contribution < -0.4 is 14.8 Å². The Morgan fingerprint density at radius 2 is 1.83 bits per heavy atom. The maximum atomic E-state index is 12.1. The van der Waals surface area contributed by atoms with Gasteiger partial charge in [-0.05, 0) is 42.8 Å². The molecule has 0 radical (unpaired) electrons. The molecule has 0 fully saturated rings. The van der Waals surface area contributed by atoms with Crippen LogP contribution in [-0.4, -0.2) is 19.1 Å². The summed E-state index contributed by atoms with van der Waals surface area (Å²) >= 11 is 11.8. The maximum Gasteiger partial charge on any atom is 0.261 e. The SMILES string of the molecule is COc1cccc(CNC(=O)C(C)Oc2cc(Cl)cc(Cl)c2)c1. The number of hydrogen-bond donors (Lipinski definition) is 1. The van der Waals surface area contributed by atoms with Gasteiger partial charge in [0.1, 0.15) is 11.5 Å². The van der Waals surface area contributed by atoms with Gasteiger partial charge in [0, 0.05) is 16.6 Å². The van der Waals surface area contributed by atoms with Crippen molar-refractivity contribution in [2.24, 2.45) is 0 Å². The number of carbonyl (C=O) groups excluding carboxylic acids is 1. The summed E-state index contributed by atoms with van der Waals surface area (Å²) < 4.78 is 10.7. The van der Waals surface area contributed by atoms with E-state index in [1.807, 2.05) is 24.3 Å². The molecule has 0 saturated carbocycles. The topological polar surface area (TPSA) is 47.6 Å². The number of benzene rings is 2. The van der Waals surface area contributed by atoms with Crippen molar-refractivity contribution in [1.29, 1.82) is 0 Å². The predicted octanol–water partition coefficient (Wildman–Crippen LogP) is 4.09. The molecule has 2 aromatic carbocycles. The van der Waals surface area contributed by atoms with Gasteiger partial charge in [-0.3, -0.25) is 4.79 Å². The van der Waals surface area contributed by atoms with Crippen LogP contribution in [0.2, 0.25) is 10.0 Å². The Kier molecular flexibility index (Phi) is 6.13. The summed E-state index contributed by atoms with van der Waals surface area (Å²) in [5.41, 5.74) is 0.940. The monoisotopic (exact) mass is 353 g/mol. The highest BCUT2D eigenvalue weighted by molar-refractivity contribution is 6.34. The van der Waals surface area contributed by atoms with Crippen molar-refractivity contribution < 1.29 is 14.3 Å². The normalized spacial score (nSPS) is 11.7. The largest absolute Gasteiger partial charge is 0.497 e. The minimum atomic E-state index is -0.671. The van der Waals surface area contributed by atoms with E-state index in [-0.39, 0.29) is 5.91 Å². The Hall–Kier alpha value is -1.91. The average Bonchev–Trinajstić information content (AvgIpc) is 2.51. The molecule has 122 valence electrons. The first-order valence-corrected chi connectivity index (χ1v) is 7.77. The molecule has 1 N–H and O–H groups in total. The number of nitrogens with one attached hydrogen (secondary N) is 1. The molecule has 1 amide bonds. The van der Waals surface area contributed by atoms with E-state index < -0.39 is 6.10 Å². The van der Waals surface area contributed by atoms with Crippen molar-refractivity contribution in [3.05, 3.63) is 58.1 Å². The number of methoxy groups -OCH3 is 1. The third kappa shape index (κ3) is 5.34. The summed E-state index contributed by atoms with van der Waals surface area (Å²) in [4.78, 5) is 12.1. The Labute approximate surface area is 145 Å². The van der Waals surface area contributed by atoms with E-state index in [9.17, 15) is 4.79 Å². The fraction of sp³-hybridized carbons (Fsp3) is 0.235. The number of carbonyl (C=O) groups is 1. The average molecular weight is 354 g/mol. The third-order valence-electron chi connectivity index (χ3n) is 3.12. The van der Waals surface area contributed by atoms with Gasteiger partial charge in [-0.15, -0.1) is 0 Å². The van der Waals surface area contributed by atoms with Gasteiger partial charge in [0.05, 0.1) is 7.11 Å². The van der Waals surface area contributed by atoms with E-state index >= 15 is 0 Å². The van der Waals surface area contributed by atoms with Crippen LogP contribution in [0.4, 0.5) is 0 Å². The number of rotatable bonds is 6. The number of ether oxygens (including phenoxy) is 2.